The van der Waals surface area contributed by atoms with E-state index >= 15 is 0 Å². The van der Waals surface area contributed by atoms with Crippen LogP contribution in [0.3, 0.4) is 0 Å². The molecule has 0 bridgehead atoms. The first-order chi connectivity index (χ1) is 3.71. The molecule has 0 amide bonds. The SMILES string of the molecule is CS(=O)(=O)[N-]S(C)(=O)=O.[K+]. The molecule has 10 heavy (non-hydrogen) atoms. The fourth-order valence-electron chi connectivity index (χ4n) is 0.246. The van der Waals surface area contributed by atoms with Crippen LogP contribution in [0, 0.1) is 0 Å². The Morgan fingerprint density at radius 3 is 1.10 bits per heavy atom. The minimum Gasteiger partial charge on any atom is -0.437 e. The second-order valence-electron chi connectivity index (χ2n) is 1.54. The number of nitrogens with zero attached hydrogens (tertiary/aromatic N) is 1. The van der Waals surface area contributed by atoms with Crippen LogP contribution >= 0.6 is 0 Å². The van der Waals surface area contributed by atoms with E-state index in [0.29, 0.717) is 12.5 Å². The smallest absolute Gasteiger partial charge is 0.437 e. The molecule has 0 aliphatic carbocycles. The summed E-state index contributed by atoms with van der Waals surface area (Å²) in [5.41, 5.74) is 0. The topological polar surface area (TPSA) is 82.4 Å². The monoisotopic (exact) mass is 211 g/mol. The zero-order valence-electron chi connectivity index (χ0n) is 5.90. The third-order valence-electron chi connectivity index (χ3n) is 0.271. The Kier molecular flexibility index (Phi) is 6.33. The molecule has 0 atom stereocenters. The van der Waals surface area contributed by atoms with E-state index in [0.717, 1.165) is 0 Å². The minimum absolute atomic E-state index is 0. The van der Waals surface area contributed by atoms with Crippen molar-refractivity contribution in [1.82, 2.24) is 0 Å². The number of hydrogen-bond donors (Lipinski definition) is 0. The maximum Gasteiger partial charge on any atom is 1.00 e. The Labute approximate surface area is 103 Å². The summed E-state index contributed by atoms with van der Waals surface area (Å²) in [5, 5.41) is 0. The fraction of sp³-hybridized carbons (Fsp3) is 1.00. The van der Waals surface area contributed by atoms with E-state index < -0.39 is 20.0 Å². The average molecular weight is 211 g/mol. The van der Waals surface area contributed by atoms with Gasteiger partial charge in [0.05, 0.1) is 20.0 Å². The van der Waals surface area contributed by atoms with Gasteiger partial charge in [0.2, 0.25) is 0 Å². The largest absolute Gasteiger partial charge is 1.00 e. The van der Waals surface area contributed by atoms with Crippen molar-refractivity contribution >= 4 is 20.0 Å². The third-order valence-corrected chi connectivity index (χ3v) is 2.44. The molecular formula is C2H6KNO4S2. The predicted molar refractivity (Wildman–Crippen MR) is 33.0 cm³/mol. The van der Waals surface area contributed by atoms with Gasteiger partial charge in [-0.1, -0.05) is 0 Å². The maximum atomic E-state index is 10.1. The van der Waals surface area contributed by atoms with Crippen LogP contribution in [0.1, 0.15) is 0 Å². The molecule has 0 aromatic heterocycles. The van der Waals surface area contributed by atoms with Gasteiger partial charge in [0.25, 0.3) is 0 Å². The van der Waals surface area contributed by atoms with E-state index in [1.807, 2.05) is 0 Å². The van der Waals surface area contributed by atoms with E-state index in [1.54, 1.807) is 0 Å². The van der Waals surface area contributed by atoms with Crippen LogP contribution in [0.25, 0.3) is 4.13 Å². The van der Waals surface area contributed by atoms with Gasteiger partial charge in [-0.05, 0) is 0 Å². The minimum atomic E-state index is -3.74. The molecule has 0 spiro atoms. The summed E-state index contributed by atoms with van der Waals surface area (Å²) in [4.78, 5) is 0. The summed E-state index contributed by atoms with van der Waals surface area (Å²) in [7, 11) is -7.49. The first kappa shape index (κ1) is 14.0. The molecule has 0 radical (unpaired) electrons. The van der Waals surface area contributed by atoms with Crippen molar-refractivity contribution in [2.24, 2.45) is 0 Å². The Bertz CT molecular complexity index is 246. The first-order valence-electron chi connectivity index (χ1n) is 1.85. The van der Waals surface area contributed by atoms with E-state index in [9.17, 15) is 16.8 Å². The van der Waals surface area contributed by atoms with Crippen LogP contribution in [0.4, 0.5) is 0 Å². The van der Waals surface area contributed by atoms with Crippen molar-refractivity contribution in [3.63, 3.8) is 0 Å². The van der Waals surface area contributed by atoms with Gasteiger partial charge in [-0.3, -0.25) is 0 Å². The standard InChI is InChI=1S/C2H6NO4S2.K/c1-8(4,5)3-9(2,6)7;/h1-2H3;/q-1;+1. The van der Waals surface area contributed by atoms with Gasteiger partial charge < -0.3 is 4.13 Å². The van der Waals surface area contributed by atoms with Crippen molar-refractivity contribution in [3.05, 3.63) is 4.13 Å². The van der Waals surface area contributed by atoms with Gasteiger partial charge in [0.1, 0.15) is 0 Å². The van der Waals surface area contributed by atoms with Gasteiger partial charge in [-0.25, -0.2) is 16.8 Å². The molecule has 0 unspecified atom stereocenters. The third kappa shape index (κ3) is 12.2. The quantitative estimate of drug-likeness (QED) is 0.440. The van der Waals surface area contributed by atoms with Crippen LogP contribution in [-0.4, -0.2) is 29.3 Å². The summed E-state index contributed by atoms with van der Waals surface area (Å²) in [6, 6.07) is 0. The van der Waals surface area contributed by atoms with Crippen molar-refractivity contribution in [1.29, 1.82) is 0 Å². The van der Waals surface area contributed by atoms with Crippen LogP contribution in [0.5, 0.6) is 0 Å². The Balaban J connectivity index is 0. The van der Waals surface area contributed by atoms with Crippen LogP contribution in [0.15, 0.2) is 0 Å². The number of rotatable bonds is 2. The van der Waals surface area contributed by atoms with Gasteiger partial charge in [-0.15, -0.1) is 0 Å². The molecule has 0 N–H and O–H groups in total. The van der Waals surface area contributed by atoms with Gasteiger partial charge in [-0.2, -0.15) is 0 Å². The molecule has 0 saturated carbocycles. The zero-order valence-corrected chi connectivity index (χ0v) is 10.7. The van der Waals surface area contributed by atoms with Gasteiger partial charge in [0.15, 0.2) is 0 Å². The molecule has 0 aliphatic rings. The molecule has 0 fully saturated rings. The van der Waals surface area contributed by atoms with Gasteiger partial charge >= 0.3 is 51.4 Å². The molecule has 8 heteroatoms. The summed E-state index contributed by atoms with van der Waals surface area (Å²) >= 11 is 0. The molecular weight excluding hydrogens is 205 g/mol. The van der Waals surface area contributed by atoms with E-state index in [4.69, 9.17) is 0 Å². The van der Waals surface area contributed by atoms with Crippen LogP contribution < -0.4 is 51.4 Å². The molecule has 0 heterocycles. The Hall–Kier alpha value is 1.50. The van der Waals surface area contributed by atoms with E-state index in [1.165, 1.54) is 0 Å². The fourth-order valence-corrected chi connectivity index (χ4v) is 2.21. The molecule has 0 aromatic rings. The van der Waals surface area contributed by atoms with Crippen LogP contribution in [0.2, 0.25) is 0 Å². The van der Waals surface area contributed by atoms with Gasteiger partial charge in [0, 0.05) is 12.5 Å². The predicted octanol–water partition coefficient (Wildman–Crippen LogP) is -3.72. The van der Waals surface area contributed by atoms with Crippen molar-refractivity contribution in [3.8, 4) is 0 Å². The Morgan fingerprint density at radius 2 is 1.10 bits per heavy atom. The first-order valence-corrected chi connectivity index (χ1v) is 5.54. The summed E-state index contributed by atoms with van der Waals surface area (Å²) in [6.07, 6.45) is 1.43. The van der Waals surface area contributed by atoms with Crippen molar-refractivity contribution in [2.45, 2.75) is 0 Å². The zero-order chi connectivity index (χ0) is 7.71. The van der Waals surface area contributed by atoms with Crippen molar-refractivity contribution in [2.75, 3.05) is 12.5 Å². The molecule has 0 aromatic carbocycles. The average Bonchev–Trinajstić information content (AvgIpc) is 1.14. The second-order valence-corrected chi connectivity index (χ2v) is 5.07. The second kappa shape index (κ2) is 4.50. The maximum absolute atomic E-state index is 10.1. The molecule has 5 nitrogen and oxygen atoms in total. The number of hydrogen-bond acceptors (Lipinski definition) is 4. The van der Waals surface area contributed by atoms with Crippen molar-refractivity contribution < 1.29 is 68.2 Å². The summed E-state index contributed by atoms with van der Waals surface area (Å²) < 4.78 is 42.9. The van der Waals surface area contributed by atoms with Crippen LogP contribution in [-0.2, 0) is 20.0 Å². The van der Waals surface area contributed by atoms with E-state index in [-0.39, 0.29) is 51.4 Å². The molecule has 56 valence electrons. The summed E-state index contributed by atoms with van der Waals surface area (Å²) in [5.74, 6) is 0. The summed E-state index contributed by atoms with van der Waals surface area (Å²) in [6.45, 7) is 0. The van der Waals surface area contributed by atoms with E-state index in [2.05, 4.69) is 4.13 Å². The Morgan fingerprint density at radius 1 is 0.900 bits per heavy atom. The number of sulfonamides is 2. The molecule has 0 rings (SSSR count). The molecule has 0 saturated heterocycles. The normalized spacial score (nSPS) is 12.2. The molecule has 0 aliphatic heterocycles.